The SMILES string of the molecule is COc1ncccc1-c1c(Br)c2cc(C(=O)NCCCN3CCOCC3)ccc2n1C(=O)O. The summed E-state index contributed by atoms with van der Waals surface area (Å²) in [5, 5.41) is 13.5. The average Bonchev–Trinajstić information content (AvgIpc) is 3.14. The van der Waals surface area contributed by atoms with Crippen molar-refractivity contribution in [3.05, 3.63) is 46.6 Å². The molecule has 0 spiro atoms. The molecule has 3 aromatic rings. The molecule has 2 N–H and O–H groups in total. The molecule has 1 amide bonds. The van der Waals surface area contributed by atoms with Crippen LogP contribution in [0.3, 0.4) is 0 Å². The summed E-state index contributed by atoms with van der Waals surface area (Å²) in [5.41, 5.74) is 1.84. The first-order chi connectivity index (χ1) is 16.0. The summed E-state index contributed by atoms with van der Waals surface area (Å²) in [6.07, 6.45) is 1.27. The summed E-state index contributed by atoms with van der Waals surface area (Å²) in [6, 6.07) is 8.43. The molecule has 0 aliphatic carbocycles. The zero-order valence-electron chi connectivity index (χ0n) is 18.2. The summed E-state index contributed by atoms with van der Waals surface area (Å²) >= 11 is 3.55. The highest BCUT2D eigenvalue weighted by atomic mass is 79.9. The molecule has 0 saturated carbocycles. The van der Waals surface area contributed by atoms with Crippen LogP contribution in [0.25, 0.3) is 22.2 Å². The maximum atomic E-state index is 12.7. The van der Waals surface area contributed by atoms with Crippen molar-refractivity contribution in [3.8, 4) is 17.1 Å². The number of carboxylic acid groups (broad SMARTS) is 1. The zero-order valence-corrected chi connectivity index (χ0v) is 19.8. The minimum Gasteiger partial charge on any atom is -0.481 e. The van der Waals surface area contributed by atoms with E-state index in [2.05, 4.69) is 31.1 Å². The third-order valence-corrected chi connectivity index (χ3v) is 6.42. The largest absolute Gasteiger partial charge is 0.481 e. The number of nitrogens with zero attached hydrogens (tertiary/aromatic N) is 3. The van der Waals surface area contributed by atoms with Crippen molar-refractivity contribution in [2.45, 2.75) is 6.42 Å². The molecule has 2 aromatic heterocycles. The van der Waals surface area contributed by atoms with Gasteiger partial charge in [-0.15, -0.1) is 0 Å². The van der Waals surface area contributed by atoms with Crippen LogP contribution in [0.15, 0.2) is 41.0 Å². The van der Waals surface area contributed by atoms with Crippen molar-refractivity contribution in [2.75, 3.05) is 46.5 Å². The standard InChI is InChI=1S/C23H25BrN4O5/c1-32-22-16(4-2-7-26-22)20-19(24)17-14-15(5-6-18(17)28(20)23(30)31)21(29)25-8-3-9-27-10-12-33-13-11-27/h2,4-7,14H,3,8-13H2,1H3,(H,25,29)(H,30,31). The van der Waals surface area contributed by atoms with Crippen molar-refractivity contribution < 1.29 is 24.2 Å². The first-order valence-electron chi connectivity index (χ1n) is 10.7. The van der Waals surface area contributed by atoms with E-state index < -0.39 is 6.09 Å². The first kappa shape index (κ1) is 23.2. The maximum Gasteiger partial charge on any atom is 0.416 e. The molecule has 10 heteroatoms. The highest BCUT2D eigenvalue weighted by molar-refractivity contribution is 9.10. The van der Waals surface area contributed by atoms with E-state index in [1.165, 1.54) is 11.7 Å². The molecule has 0 atom stereocenters. The highest BCUT2D eigenvalue weighted by Gasteiger charge is 2.24. The van der Waals surface area contributed by atoms with E-state index in [1.54, 1.807) is 36.5 Å². The lowest BCUT2D eigenvalue weighted by atomic mass is 10.1. The molecule has 0 unspecified atom stereocenters. The van der Waals surface area contributed by atoms with Gasteiger partial charge < -0.3 is 19.9 Å². The lowest BCUT2D eigenvalue weighted by Gasteiger charge is -2.26. The van der Waals surface area contributed by atoms with Crippen LogP contribution in [0.5, 0.6) is 5.88 Å². The smallest absolute Gasteiger partial charge is 0.416 e. The van der Waals surface area contributed by atoms with Gasteiger partial charge in [-0.25, -0.2) is 14.3 Å². The summed E-state index contributed by atoms with van der Waals surface area (Å²) in [4.78, 5) is 31.4. The third kappa shape index (κ3) is 4.87. The number of halogens is 1. The van der Waals surface area contributed by atoms with Crippen molar-refractivity contribution in [1.29, 1.82) is 0 Å². The number of carbonyl (C=O) groups excluding carboxylic acids is 1. The molecular formula is C23H25BrN4O5. The predicted octanol–water partition coefficient (Wildman–Crippen LogP) is 3.45. The van der Waals surface area contributed by atoms with E-state index in [0.29, 0.717) is 44.6 Å². The number of hydrogen-bond acceptors (Lipinski definition) is 6. The van der Waals surface area contributed by atoms with Crippen LogP contribution in [0, 0.1) is 0 Å². The molecule has 0 radical (unpaired) electrons. The third-order valence-electron chi connectivity index (χ3n) is 5.62. The number of rotatable bonds is 7. The normalized spacial score (nSPS) is 14.4. The Balaban J connectivity index is 1.57. The molecule has 3 heterocycles. The number of carbonyl (C=O) groups is 2. The van der Waals surface area contributed by atoms with Crippen LogP contribution in [0.4, 0.5) is 4.79 Å². The van der Waals surface area contributed by atoms with Crippen LogP contribution in [-0.4, -0.2) is 78.1 Å². The highest BCUT2D eigenvalue weighted by Crippen LogP contribution is 2.41. The molecular weight excluding hydrogens is 492 g/mol. The number of hydrogen-bond donors (Lipinski definition) is 2. The fraction of sp³-hybridized carbons (Fsp3) is 0.348. The second-order valence-corrected chi connectivity index (χ2v) is 8.43. The second kappa shape index (κ2) is 10.3. The first-order valence-corrected chi connectivity index (χ1v) is 11.5. The van der Waals surface area contributed by atoms with E-state index in [4.69, 9.17) is 9.47 Å². The van der Waals surface area contributed by atoms with E-state index in [0.717, 1.165) is 39.3 Å². The van der Waals surface area contributed by atoms with Crippen molar-refractivity contribution in [1.82, 2.24) is 19.8 Å². The van der Waals surface area contributed by atoms with Gasteiger partial charge in [0.05, 0.1) is 41.6 Å². The van der Waals surface area contributed by atoms with E-state index in [9.17, 15) is 14.7 Å². The molecule has 1 aromatic carbocycles. The fourth-order valence-corrected chi connectivity index (χ4v) is 4.71. The minimum atomic E-state index is -1.15. The number of fused-ring (bicyclic) bond motifs is 1. The Labute approximate surface area is 199 Å². The Morgan fingerprint density at radius 2 is 2.06 bits per heavy atom. The van der Waals surface area contributed by atoms with Gasteiger partial charge in [-0.2, -0.15) is 0 Å². The van der Waals surface area contributed by atoms with E-state index in [1.807, 2.05) is 0 Å². The lowest BCUT2D eigenvalue weighted by molar-refractivity contribution is 0.0374. The number of methoxy groups -OCH3 is 1. The Morgan fingerprint density at radius 3 is 2.79 bits per heavy atom. The van der Waals surface area contributed by atoms with Gasteiger partial charge in [-0.3, -0.25) is 9.69 Å². The molecule has 33 heavy (non-hydrogen) atoms. The zero-order chi connectivity index (χ0) is 23.4. The second-order valence-electron chi connectivity index (χ2n) is 7.64. The van der Waals surface area contributed by atoms with Gasteiger partial charge in [-0.05, 0) is 59.2 Å². The van der Waals surface area contributed by atoms with Crippen LogP contribution in [0.1, 0.15) is 16.8 Å². The molecule has 174 valence electrons. The summed E-state index contributed by atoms with van der Waals surface area (Å²) in [6.45, 7) is 4.82. The molecule has 1 fully saturated rings. The van der Waals surface area contributed by atoms with Crippen molar-refractivity contribution >= 4 is 38.8 Å². The van der Waals surface area contributed by atoms with E-state index in [-0.39, 0.29) is 5.91 Å². The summed E-state index contributed by atoms with van der Waals surface area (Å²) in [5.74, 6) is 0.108. The van der Waals surface area contributed by atoms with Gasteiger partial charge >= 0.3 is 6.09 Å². The number of morpholine rings is 1. The molecule has 1 aliphatic heterocycles. The van der Waals surface area contributed by atoms with E-state index >= 15 is 0 Å². The predicted molar refractivity (Wildman–Crippen MR) is 127 cm³/mol. The molecule has 1 saturated heterocycles. The fourth-order valence-electron chi connectivity index (χ4n) is 4.00. The maximum absolute atomic E-state index is 12.7. The van der Waals surface area contributed by atoms with Crippen LogP contribution in [-0.2, 0) is 4.74 Å². The number of nitrogens with one attached hydrogen (secondary N) is 1. The van der Waals surface area contributed by atoms with Gasteiger partial charge in [-0.1, -0.05) is 0 Å². The number of amides is 1. The Hall–Kier alpha value is -2.95. The van der Waals surface area contributed by atoms with Crippen molar-refractivity contribution in [3.63, 3.8) is 0 Å². The van der Waals surface area contributed by atoms with Crippen LogP contribution >= 0.6 is 15.9 Å². The molecule has 9 nitrogen and oxygen atoms in total. The molecule has 1 aliphatic rings. The Morgan fingerprint density at radius 1 is 1.27 bits per heavy atom. The number of ether oxygens (including phenoxy) is 2. The topological polar surface area (TPSA) is 106 Å². The van der Waals surface area contributed by atoms with Gasteiger partial charge in [0, 0.05) is 36.8 Å². The number of pyridine rings is 1. The number of benzene rings is 1. The quantitative estimate of drug-likeness (QED) is 0.463. The van der Waals surface area contributed by atoms with Gasteiger partial charge in [0.2, 0.25) is 5.88 Å². The van der Waals surface area contributed by atoms with Gasteiger partial charge in [0.15, 0.2) is 0 Å². The lowest BCUT2D eigenvalue weighted by Crippen LogP contribution is -2.38. The summed E-state index contributed by atoms with van der Waals surface area (Å²) in [7, 11) is 1.48. The van der Waals surface area contributed by atoms with Crippen LogP contribution in [0.2, 0.25) is 0 Å². The van der Waals surface area contributed by atoms with Gasteiger partial charge in [0.1, 0.15) is 0 Å². The monoisotopic (exact) mass is 516 g/mol. The molecule has 4 rings (SSSR count). The van der Waals surface area contributed by atoms with Crippen molar-refractivity contribution in [2.24, 2.45) is 0 Å². The van der Waals surface area contributed by atoms with Crippen LogP contribution < -0.4 is 10.1 Å². The van der Waals surface area contributed by atoms with Gasteiger partial charge in [0.25, 0.3) is 5.91 Å². The minimum absolute atomic E-state index is 0.200. The molecule has 0 bridgehead atoms. The summed E-state index contributed by atoms with van der Waals surface area (Å²) < 4.78 is 12.4. The average molecular weight is 517 g/mol. The Bertz CT molecular complexity index is 1170. The Kier molecular flexibility index (Phi) is 7.26. The number of aromatic nitrogens is 2.